The van der Waals surface area contributed by atoms with Crippen molar-refractivity contribution >= 4 is 28.3 Å². The van der Waals surface area contributed by atoms with Crippen molar-refractivity contribution in [1.29, 1.82) is 0 Å². The number of carbonyl (C=O) groups is 2. The van der Waals surface area contributed by atoms with E-state index in [9.17, 15) is 9.59 Å². The van der Waals surface area contributed by atoms with Crippen LogP contribution in [0.3, 0.4) is 0 Å². The van der Waals surface area contributed by atoms with Gasteiger partial charge in [0.2, 0.25) is 11.8 Å². The molecule has 0 aromatic heterocycles. The van der Waals surface area contributed by atoms with Crippen LogP contribution in [0.15, 0.2) is 42.5 Å². The van der Waals surface area contributed by atoms with Gasteiger partial charge in [-0.2, -0.15) is 0 Å². The number of nitrogens with zero attached hydrogens (tertiary/aromatic N) is 1. The molecule has 2 bridgehead atoms. The number of benzene rings is 2. The van der Waals surface area contributed by atoms with Gasteiger partial charge in [0.1, 0.15) is 12.2 Å². The largest absolute Gasteiger partial charge is 0.368 e. The number of carbonyl (C=O) groups excluding carboxylic acids is 2. The molecular weight excluding hydrogens is 294 g/mol. The molecule has 2 aromatic carbocycles. The zero-order valence-corrected chi connectivity index (χ0v) is 12.1. The molecule has 0 spiro atoms. The summed E-state index contributed by atoms with van der Waals surface area (Å²) < 4.78 is 11.3. The van der Waals surface area contributed by atoms with Crippen molar-refractivity contribution in [1.82, 2.24) is 0 Å². The topological polar surface area (TPSA) is 59.1 Å². The van der Waals surface area contributed by atoms with Gasteiger partial charge in [-0.1, -0.05) is 30.3 Å². The van der Waals surface area contributed by atoms with Crippen molar-refractivity contribution in [2.45, 2.75) is 24.4 Å². The summed E-state index contributed by atoms with van der Waals surface area (Å²) in [6.07, 6.45) is -0.432. The van der Waals surface area contributed by atoms with Crippen LogP contribution in [0.4, 0.5) is 5.69 Å². The lowest BCUT2D eigenvalue weighted by atomic mass is 9.81. The van der Waals surface area contributed by atoms with E-state index in [1.54, 1.807) is 0 Å². The van der Waals surface area contributed by atoms with Crippen molar-refractivity contribution < 1.29 is 19.1 Å². The van der Waals surface area contributed by atoms with Gasteiger partial charge in [-0.25, -0.2) is 4.90 Å². The quantitative estimate of drug-likeness (QED) is 0.592. The van der Waals surface area contributed by atoms with Crippen LogP contribution in [0, 0.1) is 11.8 Å². The number of ether oxygens (including phenoxy) is 2. The lowest BCUT2D eigenvalue weighted by Gasteiger charge is -2.19. The van der Waals surface area contributed by atoms with Gasteiger partial charge in [0.25, 0.3) is 0 Å². The minimum atomic E-state index is -0.372. The van der Waals surface area contributed by atoms with Crippen molar-refractivity contribution in [2.24, 2.45) is 11.8 Å². The van der Waals surface area contributed by atoms with E-state index >= 15 is 0 Å². The lowest BCUT2D eigenvalue weighted by molar-refractivity contribution is -0.126. The highest BCUT2D eigenvalue weighted by Gasteiger charge is 2.75. The molecule has 4 heterocycles. The van der Waals surface area contributed by atoms with Crippen LogP contribution in [0.5, 0.6) is 0 Å². The highest BCUT2D eigenvalue weighted by atomic mass is 16.7. The first-order valence-electron chi connectivity index (χ1n) is 7.91. The normalized spacial score (nSPS) is 39.9. The fourth-order valence-corrected chi connectivity index (χ4v) is 4.55. The third kappa shape index (κ3) is 1.36. The monoisotopic (exact) mass is 307 g/mol. The molecule has 4 saturated heterocycles. The van der Waals surface area contributed by atoms with Crippen LogP contribution in [-0.2, 0) is 19.1 Å². The molecular formula is C18H13NO4. The number of amides is 2. The van der Waals surface area contributed by atoms with E-state index in [2.05, 4.69) is 0 Å². The average Bonchev–Trinajstić information content (AvgIpc) is 3.08. The average molecular weight is 307 g/mol. The smallest absolute Gasteiger partial charge is 0.240 e. The fourth-order valence-electron chi connectivity index (χ4n) is 4.55. The van der Waals surface area contributed by atoms with Crippen LogP contribution in [0.2, 0.25) is 0 Å². The minimum absolute atomic E-state index is 0.0227. The van der Waals surface area contributed by atoms with Gasteiger partial charge in [0.15, 0.2) is 0 Å². The molecule has 114 valence electrons. The van der Waals surface area contributed by atoms with E-state index in [-0.39, 0.29) is 48.1 Å². The first kappa shape index (κ1) is 12.2. The van der Waals surface area contributed by atoms with Crippen LogP contribution in [-0.4, -0.2) is 36.2 Å². The second-order valence-electron chi connectivity index (χ2n) is 6.73. The third-order valence-corrected chi connectivity index (χ3v) is 5.62. The summed E-state index contributed by atoms with van der Waals surface area (Å²) in [5.41, 5.74) is 0.655. The maximum atomic E-state index is 12.9. The first-order chi connectivity index (χ1) is 11.2. The Balaban J connectivity index is 1.45. The molecule has 5 heteroatoms. The second-order valence-corrected chi connectivity index (χ2v) is 6.73. The summed E-state index contributed by atoms with van der Waals surface area (Å²) in [5.74, 6) is -1.03. The van der Waals surface area contributed by atoms with Crippen LogP contribution < -0.4 is 4.90 Å². The SMILES string of the molecule is O=C1[C@@H]2[C@@H]3O[C@@H]([C@H]4O[C@H]43)[C@@H]2C(=O)N1c1ccc2ccccc2c1. The van der Waals surface area contributed by atoms with Crippen LogP contribution >= 0.6 is 0 Å². The van der Waals surface area contributed by atoms with Gasteiger partial charge in [0.05, 0.1) is 29.7 Å². The van der Waals surface area contributed by atoms with Crippen LogP contribution in [0.1, 0.15) is 0 Å². The third-order valence-electron chi connectivity index (χ3n) is 5.62. The standard InChI is InChI=1S/C18H13NO4/c20-17-11-12(14-16-15(23-16)13(11)22-14)18(21)19(17)10-6-5-8-3-1-2-4-9(8)7-10/h1-7,11-16H/t11-,12+,13-,14+,15-,16+. The summed E-state index contributed by atoms with van der Waals surface area (Å²) in [4.78, 5) is 27.1. The molecule has 0 unspecified atom stereocenters. The Morgan fingerprint density at radius 1 is 0.739 bits per heavy atom. The number of rotatable bonds is 1. The first-order valence-corrected chi connectivity index (χ1v) is 7.91. The Morgan fingerprint density at radius 2 is 1.35 bits per heavy atom. The summed E-state index contributed by atoms with van der Waals surface area (Å²) in [7, 11) is 0. The molecule has 4 aliphatic rings. The number of epoxide rings is 1. The Hall–Kier alpha value is -2.24. The summed E-state index contributed by atoms with van der Waals surface area (Å²) >= 11 is 0. The Bertz CT molecular complexity index is 861. The summed E-state index contributed by atoms with van der Waals surface area (Å²) in [6.45, 7) is 0. The number of hydrogen-bond donors (Lipinski definition) is 0. The Kier molecular flexibility index (Phi) is 2.02. The molecule has 0 N–H and O–H groups in total. The molecule has 0 aliphatic carbocycles. The van der Waals surface area contributed by atoms with E-state index in [1.807, 2.05) is 42.5 Å². The molecule has 4 fully saturated rings. The van der Waals surface area contributed by atoms with Gasteiger partial charge in [-0.05, 0) is 22.9 Å². The molecule has 6 atom stereocenters. The molecule has 23 heavy (non-hydrogen) atoms. The maximum Gasteiger partial charge on any atom is 0.240 e. The van der Waals surface area contributed by atoms with Crippen LogP contribution in [0.25, 0.3) is 10.8 Å². The second kappa shape index (κ2) is 3.80. The summed E-state index contributed by atoms with van der Waals surface area (Å²) in [6, 6.07) is 13.6. The zero-order valence-electron chi connectivity index (χ0n) is 12.1. The number of hydrogen-bond acceptors (Lipinski definition) is 4. The zero-order chi connectivity index (χ0) is 15.3. The van der Waals surface area contributed by atoms with Gasteiger partial charge < -0.3 is 9.47 Å². The molecule has 2 aromatic rings. The Labute approximate surface area is 131 Å². The van der Waals surface area contributed by atoms with Gasteiger partial charge in [-0.15, -0.1) is 0 Å². The van der Waals surface area contributed by atoms with E-state index in [4.69, 9.17) is 9.47 Å². The highest BCUT2D eigenvalue weighted by Crippen LogP contribution is 2.57. The molecule has 6 rings (SSSR count). The maximum absolute atomic E-state index is 12.9. The number of imide groups is 1. The van der Waals surface area contributed by atoms with E-state index in [0.29, 0.717) is 5.69 Å². The predicted molar refractivity (Wildman–Crippen MR) is 80.7 cm³/mol. The van der Waals surface area contributed by atoms with E-state index < -0.39 is 0 Å². The molecule has 5 nitrogen and oxygen atoms in total. The van der Waals surface area contributed by atoms with E-state index in [0.717, 1.165) is 10.8 Å². The van der Waals surface area contributed by atoms with Gasteiger partial charge in [-0.3, -0.25) is 9.59 Å². The molecule has 2 amide bonds. The fraction of sp³-hybridized carbons (Fsp3) is 0.333. The van der Waals surface area contributed by atoms with Crippen molar-refractivity contribution in [2.75, 3.05) is 4.90 Å². The van der Waals surface area contributed by atoms with Gasteiger partial charge in [0, 0.05) is 0 Å². The molecule has 0 saturated carbocycles. The van der Waals surface area contributed by atoms with Crippen molar-refractivity contribution in [3.05, 3.63) is 42.5 Å². The van der Waals surface area contributed by atoms with Gasteiger partial charge >= 0.3 is 0 Å². The minimum Gasteiger partial charge on any atom is -0.368 e. The predicted octanol–water partition coefficient (Wildman–Crippen LogP) is 1.49. The Morgan fingerprint density at radius 3 is 2.04 bits per heavy atom. The highest BCUT2D eigenvalue weighted by molar-refractivity contribution is 6.23. The number of fused-ring (bicyclic) bond motifs is 9. The molecule has 0 radical (unpaired) electrons. The number of anilines is 1. The lowest BCUT2D eigenvalue weighted by Crippen LogP contribution is -2.35. The molecule has 4 aliphatic heterocycles. The van der Waals surface area contributed by atoms with Crippen molar-refractivity contribution in [3.63, 3.8) is 0 Å². The van der Waals surface area contributed by atoms with Crippen molar-refractivity contribution in [3.8, 4) is 0 Å². The summed E-state index contributed by atoms with van der Waals surface area (Å²) in [5, 5.41) is 2.11. The van der Waals surface area contributed by atoms with E-state index in [1.165, 1.54) is 4.90 Å².